The fraction of sp³-hybridized carbons (Fsp3) is 0.708. The van der Waals surface area contributed by atoms with E-state index < -0.39 is 0 Å². The second kappa shape index (κ2) is 9.44. The molecule has 7 nitrogen and oxygen atoms in total. The predicted octanol–water partition coefficient (Wildman–Crippen LogP) is 3.13. The van der Waals surface area contributed by atoms with E-state index in [1.54, 1.807) is 4.90 Å². The first-order chi connectivity index (χ1) is 15.0. The molecule has 0 radical (unpaired) electrons. The molecule has 2 aliphatic heterocycles. The summed E-state index contributed by atoms with van der Waals surface area (Å²) in [4.78, 5) is 29.0. The maximum atomic E-state index is 13.0. The van der Waals surface area contributed by atoms with Crippen molar-refractivity contribution in [3.63, 3.8) is 0 Å². The van der Waals surface area contributed by atoms with E-state index in [1.165, 1.54) is 12.8 Å². The van der Waals surface area contributed by atoms with Crippen molar-refractivity contribution in [1.29, 1.82) is 0 Å². The van der Waals surface area contributed by atoms with Crippen molar-refractivity contribution in [1.82, 2.24) is 14.9 Å². The maximum absolute atomic E-state index is 13.0. The van der Waals surface area contributed by atoms with E-state index in [4.69, 9.17) is 11.4 Å². The Morgan fingerprint density at radius 1 is 1.26 bits per heavy atom. The Kier molecular flexibility index (Phi) is 6.66. The number of anilines is 3. The summed E-state index contributed by atoms with van der Waals surface area (Å²) in [6.45, 7) is 7.16. The van der Waals surface area contributed by atoms with Gasteiger partial charge in [-0.1, -0.05) is 25.7 Å². The highest BCUT2D eigenvalue weighted by atomic mass is 16.2. The summed E-state index contributed by atoms with van der Waals surface area (Å²) in [6, 6.07) is 0.541. The molecule has 1 aromatic heterocycles. The predicted molar refractivity (Wildman–Crippen MR) is 125 cm³/mol. The molecular formula is C24H36N6O. The number of fused-ring (bicyclic) bond motifs is 1. The van der Waals surface area contributed by atoms with E-state index in [2.05, 4.69) is 39.9 Å². The minimum Gasteiger partial charge on any atom is -0.351 e. The summed E-state index contributed by atoms with van der Waals surface area (Å²) < 4.78 is 0. The van der Waals surface area contributed by atoms with Gasteiger partial charge in [0.25, 0.3) is 0 Å². The van der Waals surface area contributed by atoms with Gasteiger partial charge in [0.15, 0.2) is 5.82 Å². The summed E-state index contributed by atoms with van der Waals surface area (Å²) >= 11 is 0. The Labute approximate surface area is 186 Å². The first-order valence-electron chi connectivity index (χ1n) is 11.9. The fourth-order valence-corrected chi connectivity index (χ4v) is 5.51. The van der Waals surface area contributed by atoms with Crippen LogP contribution in [0.15, 0.2) is 6.20 Å². The molecule has 2 atom stereocenters. The first-order valence-corrected chi connectivity index (χ1v) is 11.9. The van der Waals surface area contributed by atoms with Gasteiger partial charge in [-0.05, 0) is 58.0 Å². The Morgan fingerprint density at radius 3 is 2.61 bits per heavy atom. The number of carbonyl (C=O) groups is 1. The van der Waals surface area contributed by atoms with Gasteiger partial charge in [0.2, 0.25) is 11.9 Å². The van der Waals surface area contributed by atoms with Crippen LogP contribution in [0.2, 0.25) is 0 Å². The van der Waals surface area contributed by atoms with E-state index in [0.29, 0.717) is 17.9 Å². The van der Waals surface area contributed by atoms with Crippen molar-refractivity contribution in [3.05, 3.63) is 6.20 Å². The number of piperidine rings is 1. The zero-order valence-corrected chi connectivity index (χ0v) is 19.2. The molecule has 1 saturated carbocycles. The number of likely N-dealkylation sites (tertiary alicyclic amines) is 1. The SMILES string of the molecule is C#CCN1CCC([C@@H](C)Nc2ncc3c(n2)N(C2CCCC2)[C@H](CC)C(=O)N3C)CC1. The molecule has 31 heavy (non-hydrogen) atoms. The van der Waals surface area contributed by atoms with Crippen molar-refractivity contribution in [3.8, 4) is 12.3 Å². The van der Waals surface area contributed by atoms with Crippen LogP contribution in [0.1, 0.15) is 58.8 Å². The number of hydrogen-bond donors (Lipinski definition) is 1. The molecule has 1 saturated heterocycles. The number of aromatic nitrogens is 2. The van der Waals surface area contributed by atoms with Crippen LogP contribution in [-0.4, -0.2) is 65.6 Å². The second-order valence-electron chi connectivity index (χ2n) is 9.32. The average Bonchev–Trinajstić information content (AvgIpc) is 3.31. The number of hydrogen-bond acceptors (Lipinski definition) is 6. The Bertz CT molecular complexity index is 822. The molecular weight excluding hydrogens is 388 g/mol. The van der Waals surface area contributed by atoms with Crippen LogP contribution < -0.4 is 15.1 Å². The lowest BCUT2D eigenvalue weighted by Crippen LogP contribution is -2.55. The lowest BCUT2D eigenvalue weighted by atomic mass is 9.90. The van der Waals surface area contributed by atoms with Crippen molar-refractivity contribution in [2.45, 2.75) is 76.9 Å². The molecule has 1 aliphatic carbocycles. The van der Waals surface area contributed by atoms with E-state index in [9.17, 15) is 4.79 Å². The molecule has 168 valence electrons. The second-order valence-corrected chi connectivity index (χ2v) is 9.32. The van der Waals surface area contributed by atoms with Gasteiger partial charge < -0.3 is 15.1 Å². The fourth-order valence-electron chi connectivity index (χ4n) is 5.51. The van der Waals surface area contributed by atoms with Gasteiger partial charge in [-0.2, -0.15) is 4.98 Å². The van der Waals surface area contributed by atoms with Crippen LogP contribution in [0.25, 0.3) is 0 Å². The molecule has 0 aromatic carbocycles. The van der Waals surface area contributed by atoms with Crippen LogP contribution in [0.3, 0.4) is 0 Å². The highest BCUT2D eigenvalue weighted by Crippen LogP contribution is 2.40. The van der Waals surface area contributed by atoms with E-state index in [0.717, 1.165) is 63.2 Å². The van der Waals surface area contributed by atoms with Crippen LogP contribution >= 0.6 is 0 Å². The molecule has 0 spiro atoms. The molecule has 0 bridgehead atoms. The van der Waals surface area contributed by atoms with E-state index in [1.807, 2.05) is 13.2 Å². The maximum Gasteiger partial charge on any atom is 0.249 e. The Hall–Kier alpha value is -2.33. The number of carbonyl (C=O) groups excluding carboxylic acids is 1. The van der Waals surface area contributed by atoms with Crippen LogP contribution in [0.4, 0.5) is 17.5 Å². The van der Waals surface area contributed by atoms with Crippen LogP contribution in [0, 0.1) is 18.3 Å². The third kappa shape index (κ3) is 4.36. The monoisotopic (exact) mass is 424 g/mol. The van der Waals surface area contributed by atoms with E-state index >= 15 is 0 Å². The largest absolute Gasteiger partial charge is 0.351 e. The van der Waals surface area contributed by atoms with Gasteiger partial charge >= 0.3 is 0 Å². The number of amides is 1. The van der Waals surface area contributed by atoms with Gasteiger partial charge in [-0.25, -0.2) is 4.98 Å². The highest BCUT2D eigenvalue weighted by Gasteiger charge is 2.41. The summed E-state index contributed by atoms with van der Waals surface area (Å²) in [7, 11) is 1.85. The molecule has 4 rings (SSSR count). The Balaban J connectivity index is 1.53. The topological polar surface area (TPSA) is 64.6 Å². The zero-order chi connectivity index (χ0) is 22.0. The molecule has 2 fully saturated rings. The smallest absolute Gasteiger partial charge is 0.249 e. The lowest BCUT2D eigenvalue weighted by molar-refractivity contribution is -0.120. The standard InChI is InChI=1S/C24H36N6O/c1-5-13-29-14-11-18(12-15-29)17(3)26-24-25-16-21-22(27-24)30(19-9-7-8-10-19)20(6-2)23(31)28(21)4/h1,16-20H,6-15H2,2-4H3,(H,25,26,27)/t17-,20-/m1/s1. The number of nitrogens with one attached hydrogen (secondary N) is 1. The summed E-state index contributed by atoms with van der Waals surface area (Å²) in [6.07, 6.45) is 15.0. The average molecular weight is 425 g/mol. The molecule has 0 unspecified atom stereocenters. The summed E-state index contributed by atoms with van der Waals surface area (Å²) in [5.74, 6) is 5.05. The minimum atomic E-state index is -0.138. The van der Waals surface area contributed by atoms with Crippen LogP contribution in [0.5, 0.6) is 0 Å². The highest BCUT2D eigenvalue weighted by molar-refractivity contribution is 6.04. The normalized spacial score (nSPS) is 24.2. The number of likely N-dealkylation sites (N-methyl/N-ethyl adjacent to an activating group) is 1. The molecule has 3 heterocycles. The van der Waals surface area contributed by atoms with Gasteiger partial charge in [-0.15, -0.1) is 6.42 Å². The third-order valence-electron chi connectivity index (χ3n) is 7.42. The summed E-state index contributed by atoms with van der Waals surface area (Å²) in [5, 5.41) is 3.57. The third-order valence-corrected chi connectivity index (χ3v) is 7.42. The molecule has 7 heteroatoms. The van der Waals surface area contributed by atoms with Gasteiger partial charge in [-0.3, -0.25) is 9.69 Å². The van der Waals surface area contributed by atoms with Gasteiger partial charge in [0, 0.05) is 19.1 Å². The van der Waals surface area contributed by atoms with E-state index in [-0.39, 0.29) is 18.0 Å². The summed E-state index contributed by atoms with van der Waals surface area (Å²) in [5.41, 5.74) is 0.822. The van der Waals surface area contributed by atoms with Crippen molar-refractivity contribution >= 4 is 23.4 Å². The Morgan fingerprint density at radius 2 is 1.97 bits per heavy atom. The van der Waals surface area contributed by atoms with Crippen molar-refractivity contribution in [2.75, 3.05) is 41.8 Å². The molecule has 1 N–H and O–H groups in total. The number of nitrogens with zero attached hydrogens (tertiary/aromatic N) is 5. The van der Waals surface area contributed by atoms with Gasteiger partial charge in [0.05, 0.1) is 12.7 Å². The molecule has 3 aliphatic rings. The lowest BCUT2D eigenvalue weighted by Gasteiger charge is -2.43. The molecule has 1 aromatic rings. The van der Waals surface area contributed by atoms with Crippen LogP contribution in [-0.2, 0) is 4.79 Å². The number of terminal acetylenes is 1. The zero-order valence-electron chi connectivity index (χ0n) is 19.2. The van der Waals surface area contributed by atoms with Crippen molar-refractivity contribution in [2.24, 2.45) is 5.92 Å². The first kappa shape index (κ1) is 21.9. The molecule has 1 amide bonds. The minimum absolute atomic E-state index is 0.138. The number of rotatable bonds is 6. The quantitative estimate of drug-likeness (QED) is 0.708. The van der Waals surface area contributed by atoms with Crippen molar-refractivity contribution < 1.29 is 4.79 Å². The van der Waals surface area contributed by atoms with Gasteiger partial charge in [0.1, 0.15) is 11.7 Å².